The number of Topliss-reactive ketones (excluding diaryl/α,β-unsaturated/α-hetero) is 1. The van der Waals surface area contributed by atoms with Crippen LogP contribution in [0, 0.1) is 5.92 Å². The molecule has 0 fully saturated rings. The monoisotopic (exact) mass is 313 g/mol. The fourth-order valence-electron chi connectivity index (χ4n) is 1.74. The van der Waals surface area contributed by atoms with Gasteiger partial charge in [0.25, 0.3) is 0 Å². The third-order valence-electron chi connectivity index (χ3n) is 2.85. The highest BCUT2D eigenvalue weighted by atomic mass is 32.1. The van der Waals surface area contributed by atoms with Gasteiger partial charge in [-0.3, -0.25) is 4.79 Å². The highest BCUT2D eigenvalue weighted by Gasteiger charge is 2.24. The van der Waals surface area contributed by atoms with Gasteiger partial charge in [-0.1, -0.05) is 13.8 Å². The van der Waals surface area contributed by atoms with Crippen LogP contribution >= 0.6 is 11.3 Å². The van der Waals surface area contributed by atoms with Gasteiger partial charge in [0, 0.05) is 19.0 Å². The molecule has 0 saturated heterocycles. The Morgan fingerprint density at radius 2 is 1.95 bits per heavy atom. The summed E-state index contributed by atoms with van der Waals surface area (Å²) in [6.45, 7) is 9.33. The number of carbonyl (C=O) groups is 1. The van der Waals surface area contributed by atoms with E-state index in [0.29, 0.717) is 16.3 Å². The molecule has 1 heterocycles. The summed E-state index contributed by atoms with van der Waals surface area (Å²) in [5.74, 6) is 0.594. The first-order chi connectivity index (χ1) is 9.73. The second-order valence-corrected chi connectivity index (χ2v) is 6.94. The Morgan fingerprint density at radius 1 is 1.33 bits per heavy atom. The summed E-state index contributed by atoms with van der Waals surface area (Å²) in [4.78, 5) is 14.9. The van der Waals surface area contributed by atoms with Crippen molar-refractivity contribution in [1.82, 2.24) is 4.90 Å². The molecule has 5 nitrogen and oxygen atoms in total. The molecule has 0 amide bonds. The molecule has 0 spiro atoms. The number of likely N-dealkylation sites (N-methyl/N-ethyl adjacent to an activating group) is 1. The largest absolute Gasteiger partial charge is 0.486 e. The molecule has 6 heteroatoms. The number of nitrogens with zero attached hydrogens (tertiary/aromatic N) is 1. The third-order valence-corrected chi connectivity index (χ3v) is 4.00. The summed E-state index contributed by atoms with van der Waals surface area (Å²) < 4.78 is 5.80. The van der Waals surface area contributed by atoms with E-state index in [0.717, 1.165) is 18.1 Å². The van der Waals surface area contributed by atoms with Gasteiger partial charge in [-0.15, -0.1) is 11.3 Å². The van der Waals surface area contributed by atoms with Crippen LogP contribution in [0.3, 0.4) is 0 Å². The minimum Gasteiger partial charge on any atom is -0.486 e. The molecular weight excluding hydrogens is 286 g/mol. The van der Waals surface area contributed by atoms with E-state index >= 15 is 0 Å². The molecule has 0 aliphatic rings. The van der Waals surface area contributed by atoms with Crippen molar-refractivity contribution in [3.63, 3.8) is 0 Å². The van der Waals surface area contributed by atoms with Crippen molar-refractivity contribution >= 4 is 27.8 Å². The summed E-state index contributed by atoms with van der Waals surface area (Å²) in [5.41, 5.74) is 6.59. The molecule has 0 bridgehead atoms. The molecular formula is C15H27N3O2S. The van der Waals surface area contributed by atoms with E-state index in [-0.39, 0.29) is 17.8 Å². The predicted molar refractivity (Wildman–Crippen MR) is 90.7 cm³/mol. The van der Waals surface area contributed by atoms with E-state index in [1.54, 1.807) is 0 Å². The van der Waals surface area contributed by atoms with E-state index in [1.807, 2.05) is 41.8 Å². The molecule has 3 N–H and O–H groups in total. The number of nitrogen functional groups attached to an aromatic ring is 1. The first-order valence-corrected chi connectivity index (χ1v) is 8.07. The SMILES string of the molecule is CC(C)Oc1c(NCCN(C)C)sc(C(=O)C(C)C)c1N. The molecule has 0 saturated carbocycles. The molecule has 120 valence electrons. The summed E-state index contributed by atoms with van der Waals surface area (Å²) in [5, 5.41) is 4.16. The Hall–Kier alpha value is -1.27. The maximum atomic E-state index is 12.2. The molecule has 1 aromatic rings. The van der Waals surface area contributed by atoms with Gasteiger partial charge in [0.15, 0.2) is 11.5 Å². The smallest absolute Gasteiger partial charge is 0.177 e. The summed E-state index contributed by atoms with van der Waals surface area (Å²) in [6, 6.07) is 0. The van der Waals surface area contributed by atoms with Crippen molar-refractivity contribution in [3.05, 3.63) is 4.88 Å². The van der Waals surface area contributed by atoms with Crippen LogP contribution in [-0.4, -0.2) is 44.0 Å². The Bertz CT molecular complexity index is 482. The fraction of sp³-hybridized carbons (Fsp3) is 0.667. The van der Waals surface area contributed by atoms with Crippen LogP contribution in [0.2, 0.25) is 0 Å². The molecule has 1 aromatic heterocycles. The lowest BCUT2D eigenvalue weighted by Gasteiger charge is -2.14. The van der Waals surface area contributed by atoms with E-state index in [2.05, 4.69) is 10.2 Å². The first-order valence-electron chi connectivity index (χ1n) is 7.25. The average Bonchev–Trinajstić information content (AvgIpc) is 2.65. The number of nitrogens with two attached hydrogens (primary N) is 1. The Kier molecular flexibility index (Phi) is 6.48. The molecule has 0 radical (unpaired) electrons. The normalized spacial score (nSPS) is 11.5. The van der Waals surface area contributed by atoms with Crippen LogP contribution in [0.15, 0.2) is 0 Å². The van der Waals surface area contributed by atoms with Crippen molar-refractivity contribution in [2.75, 3.05) is 38.2 Å². The van der Waals surface area contributed by atoms with Gasteiger partial charge in [0.05, 0.1) is 16.7 Å². The van der Waals surface area contributed by atoms with E-state index < -0.39 is 0 Å². The molecule has 1 rings (SSSR count). The minimum absolute atomic E-state index is 0.0123. The van der Waals surface area contributed by atoms with Gasteiger partial charge in [-0.25, -0.2) is 0 Å². The first kappa shape index (κ1) is 17.8. The zero-order valence-electron chi connectivity index (χ0n) is 13.8. The van der Waals surface area contributed by atoms with Gasteiger partial charge < -0.3 is 20.7 Å². The molecule has 21 heavy (non-hydrogen) atoms. The van der Waals surface area contributed by atoms with Crippen LogP contribution in [0.25, 0.3) is 0 Å². The van der Waals surface area contributed by atoms with Gasteiger partial charge >= 0.3 is 0 Å². The number of anilines is 2. The average molecular weight is 313 g/mol. The number of ether oxygens (including phenoxy) is 1. The van der Waals surface area contributed by atoms with Crippen molar-refractivity contribution in [1.29, 1.82) is 0 Å². The minimum atomic E-state index is -0.0764. The summed E-state index contributed by atoms with van der Waals surface area (Å²) in [6.07, 6.45) is 0.0123. The number of hydrogen-bond acceptors (Lipinski definition) is 6. The van der Waals surface area contributed by atoms with Crippen molar-refractivity contribution < 1.29 is 9.53 Å². The fourth-order valence-corrected chi connectivity index (χ4v) is 2.90. The van der Waals surface area contributed by atoms with Crippen molar-refractivity contribution in [2.45, 2.75) is 33.8 Å². The quantitative estimate of drug-likeness (QED) is 0.722. The zero-order valence-corrected chi connectivity index (χ0v) is 14.6. The van der Waals surface area contributed by atoms with Crippen molar-refractivity contribution in [2.24, 2.45) is 5.92 Å². The lowest BCUT2D eigenvalue weighted by molar-refractivity contribution is 0.0944. The number of thiophene rings is 1. The Balaban J connectivity index is 3.03. The number of hydrogen-bond donors (Lipinski definition) is 2. The van der Waals surface area contributed by atoms with Crippen LogP contribution in [0.4, 0.5) is 10.7 Å². The molecule has 0 aliphatic heterocycles. The Labute approximate surface area is 131 Å². The van der Waals surface area contributed by atoms with E-state index in [1.165, 1.54) is 11.3 Å². The lowest BCUT2D eigenvalue weighted by Crippen LogP contribution is -2.20. The maximum Gasteiger partial charge on any atom is 0.177 e. The maximum absolute atomic E-state index is 12.2. The Morgan fingerprint density at radius 3 is 2.43 bits per heavy atom. The van der Waals surface area contributed by atoms with Crippen LogP contribution in [0.5, 0.6) is 5.75 Å². The van der Waals surface area contributed by atoms with Gasteiger partial charge in [0.2, 0.25) is 0 Å². The number of carbonyl (C=O) groups excluding carboxylic acids is 1. The molecule has 0 unspecified atom stereocenters. The van der Waals surface area contributed by atoms with Crippen LogP contribution in [-0.2, 0) is 0 Å². The summed E-state index contributed by atoms with van der Waals surface area (Å²) in [7, 11) is 4.04. The van der Waals surface area contributed by atoms with Gasteiger partial charge in [-0.05, 0) is 27.9 Å². The van der Waals surface area contributed by atoms with E-state index in [9.17, 15) is 4.79 Å². The highest BCUT2D eigenvalue weighted by Crippen LogP contribution is 2.44. The second kappa shape index (κ2) is 7.66. The predicted octanol–water partition coefficient (Wildman–Crippen LogP) is 2.93. The van der Waals surface area contributed by atoms with Crippen molar-refractivity contribution in [3.8, 4) is 5.75 Å². The molecule has 0 aliphatic carbocycles. The summed E-state index contributed by atoms with van der Waals surface area (Å²) >= 11 is 1.39. The third kappa shape index (κ3) is 4.89. The number of rotatable bonds is 8. The van der Waals surface area contributed by atoms with Gasteiger partial charge in [-0.2, -0.15) is 0 Å². The van der Waals surface area contributed by atoms with Crippen LogP contribution < -0.4 is 15.8 Å². The number of ketones is 1. The van der Waals surface area contributed by atoms with Gasteiger partial charge in [0.1, 0.15) is 5.00 Å². The lowest BCUT2D eigenvalue weighted by atomic mass is 10.1. The second-order valence-electron chi connectivity index (χ2n) is 5.92. The molecule has 0 atom stereocenters. The zero-order chi connectivity index (χ0) is 16.2. The standard InChI is InChI=1S/C15H27N3O2S/c1-9(2)12(19)14-11(16)13(20-10(3)4)15(21-14)17-7-8-18(5)6/h9-10,17H,7-8,16H2,1-6H3. The molecule has 0 aromatic carbocycles. The number of nitrogens with one attached hydrogen (secondary N) is 1. The topological polar surface area (TPSA) is 67.6 Å². The van der Waals surface area contributed by atoms with E-state index in [4.69, 9.17) is 10.5 Å². The highest BCUT2D eigenvalue weighted by molar-refractivity contribution is 7.19. The van der Waals surface area contributed by atoms with Crippen LogP contribution in [0.1, 0.15) is 37.4 Å².